The number of hydroxylamine groups is 1. The van der Waals surface area contributed by atoms with E-state index in [1.165, 1.54) is 0 Å². The molecule has 0 fully saturated rings. The van der Waals surface area contributed by atoms with E-state index in [0.29, 0.717) is 29.2 Å². The fourth-order valence-corrected chi connectivity index (χ4v) is 2.03. The molecular weight excluding hydrogens is 272 g/mol. The third-order valence-electron chi connectivity index (χ3n) is 3.44. The van der Waals surface area contributed by atoms with E-state index in [9.17, 15) is 5.21 Å². The lowest BCUT2D eigenvalue weighted by molar-refractivity contribution is -0.602. The molecule has 0 bridgehead atoms. The number of ether oxygens (including phenoxy) is 2. The van der Waals surface area contributed by atoms with Crippen LogP contribution in [0, 0.1) is 5.21 Å². The summed E-state index contributed by atoms with van der Waals surface area (Å²) in [5, 5.41) is 16.3. The molecule has 0 saturated carbocycles. The Morgan fingerprint density at radius 1 is 1.10 bits per heavy atom. The van der Waals surface area contributed by atoms with Crippen LogP contribution in [0.2, 0.25) is 0 Å². The predicted molar refractivity (Wildman–Crippen MR) is 77.6 cm³/mol. The molecule has 2 unspecified atom stereocenters. The molecule has 0 radical (unpaired) electrons. The van der Waals surface area contributed by atoms with E-state index in [1.807, 2.05) is 0 Å². The van der Waals surface area contributed by atoms with Crippen LogP contribution in [0.25, 0.3) is 0 Å². The van der Waals surface area contributed by atoms with Crippen LogP contribution >= 0.6 is 0 Å². The third kappa shape index (κ3) is 3.32. The Morgan fingerprint density at radius 3 is 2.10 bits per heavy atom. The van der Waals surface area contributed by atoms with Gasteiger partial charge in [-0.2, -0.15) is 0 Å². The second-order valence-corrected chi connectivity index (χ2v) is 5.05. The van der Waals surface area contributed by atoms with E-state index in [4.69, 9.17) is 20.9 Å². The van der Waals surface area contributed by atoms with E-state index in [-0.39, 0.29) is 0 Å². The molecule has 0 aliphatic heterocycles. The number of nitrogens with zero attached hydrogens (tertiary/aromatic N) is 2. The fourth-order valence-electron chi connectivity index (χ4n) is 2.03. The second-order valence-electron chi connectivity index (χ2n) is 5.05. The van der Waals surface area contributed by atoms with Crippen LogP contribution in [0.5, 0.6) is 0 Å². The Hall–Kier alpha value is -2.12. The van der Waals surface area contributed by atoms with Gasteiger partial charge in [-0.05, 0) is 35.5 Å². The van der Waals surface area contributed by atoms with Gasteiger partial charge in [-0.25, -0.2) is 0 Å². The normalized spacial score (nSPS) is 32.5. The molecule has 4 N–H and O–H groups in total. The highest BCUT2D eigenvalue weighted by atomic mass is 16.5. The summed E-state index contributed by atoms with van der Waals surface area (Å²) in [4.78, 5) is 0.461. The van der Waals surface area contributed by atoms with Crippen LogP contribution in [-0.4, -0.2) is 30.4 Å². The molecule has 0 spiro atoms. The monoisotopic (exact) mass is 292 g/mol. The van der Waals surface area contributed by atoms with Crippen LogP contribution in [0.3, 0.4) is 0 Å². The van der Waals surface area contributed by atoms with E-state index >= 15 is 0 Å². The van der Waals surface area contributed by atoms with Gasteiger partial charge in [0.05, 0.1) is 20.6 Å². The van der Waals surface area contributed by atoms with Gasteiger partial charge in [-0.3, -0.25) is 11.5 Å². The van der Waals surface area contributed by atoms with Crippen LogP contribution in [-0.2, 0) is 9.47 Å². The van der Waals surface area contributed by atoms with Crippen LogP contribution < -0.4 is 11.5 Å². The lowest BCUT2D eigenvalue weighted by Gasteiger charge is -2.27. The quantitative estimate of drug-likeness (QED) is 0.350. The summed E-state index contributed by atoms with van der Waals surface area (Å²) >= 11 is 0. The van der Waals surface area contributed by atoms with Crippen LogP contribution in [0.1, 0.15) is 12.8 Å². The smallest absolute Gasteiger partial charge is 0.273 e. The minimum atomic E-state index is -1.26. The van der Waals surface area contributed by atoms with Crippen molar-refractivity contribution in [3.05, 3.63) is 53.2 Å². The first-order chi connectivity index (χ1) is 9.91. The SMILES string of the molecule is COC1=CCC(N)(N=[N+]([O-])C2(N)C=CC(OC)=CC2)C=C1. The van der Waals surface area contributed by atoms with Crippen molar-refractivity contribution in [3.63, 3.8) is 0 Å². The molecule has 2 aliphatic carbocycles. The molecule has 7 heteroatoms. The Kier molecular flexibility index (Phi) is 4.15. The van der Waals surface area contributed by atoms with Gasteiger partial charge < -0.3 is 14.7 Å². The molecule has 0 aromatic carbocycles. The largest absolute Gasteiger partial charge is 0.598 e. The first kappa shape index (κ1) is 15.3. The number of allylic oxidation sites excluding steroid dienone is 2. The third-order valence-corrected chi connectivity index (χ3v) is 3.44. The average Bonchev–Trinajstić information content (AvgIpc) is 2.48. The first-order valence-corrected chi connectivity index (χ1v) is 6.55. The van der Waals surface area contributed by atoms with Crippen molar-refractivity contribution in [1.29, 1.82) is 0 Å². The van der Waals surface area contributed by atoms with E-state index < -0.39 is 11.3 Å². The molecule has 0 aromatic rings. The summed E-state index contributed by atoms with van der Waals surface area (Å²) in [5.41, 5.74) is 9.77. The lowest BCUT2D eigenvalue weighted by atomic mass is 10.0. The van der Waals surface area contributed by atoms with Gasteiger partial charge in [0, 0.05) is 12.5 Å². The topological polar surface area (TPSA) is 109 Å². The second kappa shape index (κ2) is 5.71. The Morgan fingerprint density at radius 2 is 1.67 bits per heavy atom. The molecule has 0 amide bonds. The highest BCUT2D eigenvalue weighted by Crippen LogP contribution is 2.24. The maximum Gasteiger partial charge on any atom is 0.273 e. The average molecular weight is 292 g/mol. The van der Waals surface area contributed by atoms with Gasteiger partial charge in [0.15, 0.2) is 5.66 Å². The molecule has 2 rings (SSSR count). The number of hydrogen-bond donors (Lipinski definition) is 2. The maximum absolute atomic E-state index is 12.3. The van der Waals surface area contributed by atoms with E-state index in [2.05, 4.69) is 5.11 Å². The summed E-state index contributed by atoms with van der Waals surface area (Å²) in [6, 6.07) is 0. The minimum Gasteiger partial charge on any atom is -0.598 e. The maximum atomic E-state index is 12.3. The number of methoxy groups -OCH3 is 2. The molecule has 2 aliphatic rings. The number of nitrogens with two attached hydrogens (primary N) is 2. The zero-order valence-electron chi connectivity index (χ0n) is 12.2. The first-order valence-electron chi connectivity index (χ1n) is 6.55. The number of rotatable bonds is 4. The van der Waals surface area contributed by atoms with Crippen molar-refractivity contribution in [1.82, 2.24) is 0 Å². The van der Waals surface area contributed by atoms with E-state index in [1.54, 1.807) is 50.7 Å². The highest BCUT2D eigenvalue weighted by molar-refractivity contribution is 5.24. The van der Waals surface area contributed by atoms with Crippen molar-refractivity contribution in [3.8, 4) is 0 Å². The Labute approximate surface area is 123 Å². The minimum absolute atomic E-state index is 0.290. The predicted octanol–water partition coefficient (Wildman–Crippen LogP) is 1.24. The zero-order chi connectivity index (χ0) is 15.5. The summed E-state index contributed by atoms with van der Waals surface area (Å²) in [5.74, 6) is 1.36. The van der Waals surface area contributed by atoms with Crippen molar-refractivity contribution in [2.75, 3.05) is 14.2 Å². The van der Waals surface area contributed by atoms with Crippen LogP contribution in [0.4, 0.5) is 0 Å². The van der Waals surface area contributed by atoms with Gasteiger partial charge in [0.2, 0.25) is 0 Å². The molecule has 0 aromatic heterocycles. The van der Waals surface area contributed by atoms with Gasteiger partial charge in [-0.15, -0.1) is 0 Å². The molecule has 0 heterocycles. The van der Waals surface area contributed by atoms with E-state index in [0.717, 1.165) is 0 Å². The summed E-state index contributed by atoms with van der Waals surface area (Å²) in [7, 11) is 3.12. The molecule has 7 nitrogen and oxygen atoms in total. The van der Waals surface area contributed by atoms with Gasteiger partial charge in [-0.1, -0.05) is 4.86 Å². The van der Waals surface area contributed by atoms with Crippen molar-refractivity contribution >= 4 is 0 Å². The molecule has 21 heavy (non-hydrogen) atoms. The highest BCUT2D eigenvalue weighted by Gasteiger charge is 2.37. The van der Waals surface area contributed by atoms with Crippen molar-refractivity contribution in [2.24, 2.45) is 16.6 Å². The van der Waals surface area contributed by atoms with Crippen LogP contribution in [0.15, 0.2) is 53.1 Å². The molecular formula is C14H20N4O3. The fraction of sp³-hybridized carbons (Fsp3) is 0.429. The Bertz CT molecular complexity index is 565. The van der Waals surface area contributed by atoms with Gasteiger partial charge in [0.1, 0.15) is 11.5 Å². The summed E-state index contributed by atoms with van der Waals surface area (Å²) in [6.45, 7) is 0. The lowest BCUT2D eigenvalue weighted by Crippen LogP contribution is -2.49. The Balaban J connectivity index is 2.15. The summed E-state index contributed by atoms with van der Waals surface area (Å²) < 4.78 is 10.1. The molecule has 114 valence electrons. The van der Waals surface area contributed by atoms with Gasteiger partial charge >= 0.3 is 0 Å². The standard InChI is InChI=1S/C14H20N4O3/c1-20-11-3-7-13(15,8-4-11)17-18(19)14(16)9-5-12(21-2)6-10-14/h3-7,9H,8,10,15-16H2,1-2H3. The molecule has 2 atom stereocenters. The zero-order valence-corrected chi connectivity index (χ0v) is 12.2. The molecule has 0 saturated heterocycles. The number of azo groups is 1. The summed E-state index contributed by atoms with van der Waals surface area (Å²) in [6.07, 6.45) is 10.7. The van der Waals surface area contributed by atoms with Crippen molar-refractivity contribution < 1.29 is 14.3 Å². The number of hydrogen-bond acceptors (Lipinski definition) is 6. The van der Waals surface area contributed by atoms with Crippen molar-refractivity contribution in [2.45, 2.75) is 24.2 Å². The van der Waals surface area contributed by atoms with Gasteiger partial charge in [0.25, 0.3) is 5.66 Å².